The molecule has 2 bridgehead atoms. The van der Waals surface area contributed by atoms with Crippen molar-refractivity contribution < 1.29 is 107 Å². The van der Waals surface area contributed by atoms with Crippen LogP contribution in [0.25, 0.3) is 0 Å². The molecule has 0 aromatic carbocycles. The van der Waals surface area contributed by atoms with E-state index in [1.54, 1.807) is 0 Å². The summed E-state index contributed by atoms with van der Waals surface area (Å²) in [4.78, 5) is 136. The summed E-state index contributed by atoms with van der Waals surface area (Å²) in [6.07, 6.45) is -14.4. The van der Waals surface area contributed by atoms with E-state index in [1.807, 2.05) is 0 Å². The third-order valence-electron chi connectivity index (χ3n) is 11.4. The number of carboxylic acid groups (broad SMARTS) is 2. The molecular formula is C41H66N10O22. The normalized spacial score (nSPS) is 26.7. The molecule has 3 fully saturated rings. The number of carbonyl (C=O) groups is 11. The highest BCUT2D eigenvalue weighted by atomic mass is 16.8. The van der Waals surface area contributed by atoms with Crippen LogP contribution in [-0.4, -0.2) is 226 Å². The van der Waals surface area contributed by atoms with E-state index in [0.29, 0.717) is 0 Å². The third-order valence-corrected chi connectivity index (χ3v) is 11.4. The summed E-state index contributed by atoms with van der Waals surface area (Å²) >= 11 is 0. The molecule has 3 saturated heterocycles. The second kappa shape index (κ2) is 28.9. The molecule has 0 spiro atoms. The zero-order valence-electron chi connectivity index (χ0n) is 40.2. The van der Waals surface area contributed by atoms with E-state index in [4.69, 9.17) is 45.4 Å². The summed E-state index contributed by atoms with van der Waals surface area (Å²) in [7, 11) is 0. The maximum Gasteiger partial charge on any atom is 0.322 e. The van der Waals surface area contributed by atoms with Crippen LogP contribution in [-0.2, 0) is 76.4 Å². The fraction of sp³-hybridized carbons (Fsp3) is 0.732. The van der Waals surface area contributed by atoms with Crippen LogP contribution in [0.15, 0.2) is 0 Å². The molecule has 73 heavy (non-hydrogen) atoms. The summed E-state index contributed by atoms with van der Waals surface area (Å²) in [5.74, 6) is -10.8. The predicted molar refractivity (Wildman–Crippen MR) is 239 cm³/mol. The number of hydrogen-bond donors (Lipinski definition) is 16. The average Bonchev–Trinajstić information content (AvgIpc) is 3.76. The smallest absolute Gasteiger partial charge is 0.322 e. The van der Waals surface area contributed by atoms with E-state index in [2.05, 4.69) is 42.5 Å². The van der Waals surface area contributed by atoms with Gasteiger partial charge >= 0.3 is 11.9 Å². The van der Waals surface area contributed by atoms with Gasteiger partial charge in [-0.1, -0.05) is 0 Å². The van der Waals surface area contributed by atoms with Crippen LogP contribution in [0, 0.1) is 0 Å². The summed E-state index contributed by atoms with van der Waals surface area (Å²) in [5, 5.41) is 77.3. The summed E-state index contributed by atoms with van der Waals surface area (Å²) in [6, 6.07) is -9.95. The van der Waals surface area contributed by atoms with E-state index in [1.165, 1.54) is 20.8 Å². The van der Waals surface area contributed by atoms with Crippen molar-refractivity contribution in [2.45, 2.75) is 157 Å². The zero-order valence-corrected chi connectivity index (χ0v) is 40.2. The minimum absolute atomic E-state index is 0.0534. The van der Waals surface area contributed by atoms with Crippen molar-refractivity contribution in [3.05, 3.63) is 0 Å². The maximum atomic E-state index is 13.6. The van der Waals surface area contributed by atoms with Crippen molar-refractivity contribution in [2.24, 2.45) is 11.5 Å². The molecule has 9 amide bonds. The molecule has 32 heteroatoms. The molecule has 3 aliphatic rings. The Morgan fingerprint density at radius 1 is 0.712 bits per heavy atom. The molecule has 0 saturated carbocycles. The predicted octanol–water partition coefficient (Wildman–Crippen LogP) is -9.54. The summed E-state index contributed by atoms with van der Waals surface area (Å²) < 4.78 is 29.7. The number of amides is 9. The molecule has 16 atom stereocenters. The van der Waals surface area contributed by atoms with Crippen LogP contribution in [0.2, 0.25) is 0 Å². The number of ether oxygens (including phenoxy) is 5. The van der Waals surface area contributed by atoms with E-state index < -0.39 is 202 Å². The molecule has 0 radical (unpaired) electrons. The lowest BCUT2D eigenvalue weighted by Crippen LogP contribution is -2.68. The lowest BCUT2D eigenvalue weighted by Gasteiger charge is -2.47. The first-order valence-corrected chi connectivity index (χ1v) is 22.9. The molecule has 3 rings (SSSR count). The van der Waals surface area contributed by atoms with Crippen LogP contribution in [0.3, 0.4) is 0 Å². The Balaban J connectivity index is 1.64. The molecule has 18 N–H and O–H groups in total. The Labute approximate surface area is 416 Å². The quantitative estimate of drug-likeness (QED) is 0.0309. The number of aliphatic hydroxyl groups is 4. The number of fused-ring (bicyclic) bond motifs is 2. The van der Waals surface area contributed by atoms with E-state index in [9.17, 15) is 73.2 Å². The third kappa shape index (κ3) is 18.6. The second-order valence-electron chi connectivity index (χ2n) is 17.2. The number of primary amides is 1. The van der Waals surface area contributed by atoms with Crippen molar-refractivity contribution in [2.75, 3.05) is 32.9 Å². The number of carbonyl (C=O) groups excluding carboxylic acids is 9. The van der Waals surface area contributed by atoms with Gasteiger partial charge in [0.2, 0.25) is 53.2 Å². The Kier molecular flexibility index (Phi) is 24.1. The first kappa shape index (κ1) is 61.1. The van der Waals surface area contributed by atoms with Crippen molar-refractivity contribution in [1.82, 2.24) is 42.5 Å². The fourth-order valence-corrected chi connectivity index (χ4v) is 7.59. The van der Waals surface area contributed by atoms with Crippen molar-refractivity contribution in [3.8, 4) is 0 Å². The van der Waals surface area contributed by atoms with Gasteiger partial charge in [-0.3, -0.25) is 52.7 Å². The molecule has 32 nitrogen and oxygen atoms in total. The molecule has 3 aliphatic heterocycles. The lowest BCUT2D eigenvalue weighted by atomic mass is 9.95. The highest BCUT2D eigenvalue weighted by Gasteiger charge is 2.56. The number of carboxylic acids is 2. The monoisotopic (exact) mass is 1050 g/mol. The van der Waals surface area contributed by atoms with Crippen molar-refractivity contribution >= 4 is 65.1 Å². The topological polar surface area (TPSA) is 504 Å². The molecular weight excluding hydrogens is 984 g/mol. The minimum Gasteiger partial charge on any atom is -0.481 e. The lowest BCUT2D eigenvalue weighted by molar-refractivity contribution is -0.313. The average molecular weight is 1050 g/mol. The largest absolute Gasteiger partial charge is 0.481 e. The summed E-state index contributed by atoms with van der Waals surface area (Å²) in [6.45, 7) is 2.00. The van der Waals surface area contributed by atoms with E-state index in [-0.39, 0.29) is 26.0 Å². The van der Waals surface area contributed by atoms with Crippen LogP contribution in [0.1, 0.15) is 59.8 Å². The van der Waals surface area contributed by atoms with Gasteiger partial charge < -0.3 is 108 Å². The highest BCUT2D eigenvalue weighted by molar-refractivity contribution is 5.93. The van der Waals surface area contributed by atoms with Gasteiger partial charge in [0.1, 0.15) is 85.5 Å². The number of aliphatic carboxylic acids is 2. The van der Waals surface area contributed by atoms with Crippen LogP contribution >= 0.6 is 0 Å². The number of aliphatic hydroxyl groups excluding tert-OH is 4. The molecule has 412 valence electrons. The molecule has 0 aliphatic carbocycles. The van der Waals surface area contributed by atoms with Gasteiger partial charge in [0.15, 0.2) is 12.6 Å². The van der Waals surface area contributed by atoms with Crippen LogP contribution < -0.4 is 54.0 Å². The van der Waals surface area contributed by atoms with Crippen molar-refractivity contribution in [1.29, 1.82) is 0 Å². The van der Waals surface area contributed by atoms with E-state index >= 15 is 0 Å². The van der Waals surface area contributed by atoms with Gasteiger partial charge in [-0.25, -0.2) is 0 Å². The second-order valence-corrected chi connectivity index (χ2v) is 17.2. The van der Waals surface area contributed by atoms with E-state index in [0.717, 1.165) is 6.92 Å². The minimum atomic E-state index is -1.70. The Morgan fingerprint density at radius 2 is 1.34 bits per heavy atom. The van der Waals surface area contributed by atoms with Gasteiger partial charge in [0.05, 0.1) is 32.3 Å². The Hall–Kier alpha value is -6.23. The van der Waals surface area contributed by atoms with Crippen LogP contribution in [0.5, 0.6) is 0 Å². The van der Waals surface area contributed by atoms with Crippen LogP contribution in [0.4, 0.5) is 0 Å². The van der Waals surface area contributed by atoms with Gasteiger partial charge in [-0.2, -0.15) is 0 Å². The van der Waals surface area contributed by atoms with Gasteiger partial charge in [-0.05, 0) is 33.1 Å². The molecule has 0 aromatic heterocycles. The fourth-order valence-electron chi connectivity index (χ4n) is 7.59. The van der Waals surface area contributed by atoms with Crippen molar-refractivity contribution in [3.63, 3.8) is 0 Å². The Bertz CT molecular complexity index is 2000. The summed E-state index contributed by atoms with van der Waals surface area (Å²) in [5.41, 5.74) is 11.0. The highest BCUT2D eigenvalue weighted by Crippen LogP contribution is 2.35. The maximum absolute atomic E-state index is 13.6. The van der Waals surface area contributed by atoms with Gasteiger partial charge in [0, 0.05) is 26.8 Å². The zero-order chi connectivity index (χ0) is 54.9. The number of rotatable bonds is 29. The number of hydrogen-bond acceptors (Lipinski definition) is 21. The standard InChI is InChI=1S/C41H66N10O22/c1-15(46-36(65)16(2)70-33-29(48-18(4)55)40-69-14-24(72-40)32(33)73-41-28(47-17(3)54)31(62)30(61)23(13-53)71-41)35(64)50-20(34(43)63)7-8-25(56)49-21(38(67)45-11-27(59)60)6-5-9-44-39(68)22(12-52)51-37(66)19(42)10-26(57)58/h15-16,19-24,28-33,40-41,52-53,61-62H,5-14,42H2,1-4H3,(H2,43,63)(H,44,68)(H,45,67)(H,46,65)(H,47,54)(H,48,55)(H,49,56)(H,50,64)(H,51,66)(H,57,58)(H,59,60). The molecule has 0 aromatic rings. The number of nitrogens with two attached hydrogens (primary N) is 2. The molecule has 16 unspecified atom stereocenters. The first-order valence-electron chi connectivity index (χ1n) is 22.9. The Morgan fingerprint density at radius 3 is 1.93 bits per heavy atom. The van der Waals surface area contributed by atoms with Gasteiger partial charge in [0.25, 0.3) is 0 Å². The first-order chi connectivity index (χ1) is 34.3. The molecule has 3 heterocycles. The SMILES string of the molecule is CC(=O)NC1C(OC2C3COC(O3)C(NC(C)=O)C2OC(C)C(=O)NC(C)C(=O)NC(CCC(=O)NC(CCCNC(=O)C(CO)NC(=O)C(N)CC(=O)O)C(=O)NCC(=O)O)C(N)=O)OC(CO)C(O)C1O. The number of nitrogens with one attached hydrogen (secondary N) is 8. The van der Waals surface area contributed by atoms with Gasteiger partial charge in [-0.15, -0.1) is 0 Å².